The standard InChI is InChI=1S/C7H6N2O2/c1-2-5-11-7-4-3-6(10)8-9-7/h1,3-4H,5H2,(H,8,10). The lowest BCUT2D eigenvalue weighted by Crippen LogP contribution is -2.07. The zero-order valence-electron chi connectivity index (χ0n) is 5.70. The minimum Gasteiger partial charge on any atom is -0.463 e. The Bertz CT molecular complexity index is 303. The molecule has 4 nitrogen and oxygen atoms in total. The Morgan fingerprint density at radius 2 is 2.55 bits per heavy atom. The van der Waals surface area contributed by atoms with Gasteiger partial charge in [0.1, 0.15) is 0 Å². The predicted octanol–water partition coefficient (Wildman–Crippen LogP) is -0.218. The van der Waals surface area contributed by atoms with Crippen molar-refractivity contribution in [1.29, 1.82) is 0 Å². The van der Waals surface area contributed by atoms with Crippen molar-refractivity contribution in [2.75, 3.05) is 6.61 Å². The maximum atomic E-state index is 10.5. The molecule has 4 heteroatoms. The van der Waals surface area contributed by atoms with Crippen molar-refractivity contribution in [3.05, 3.63) is 22.5 Å². The average molecular weight is 150 g/mol. The molecule has 0 bridgehead atoms. The highest BCUT2D eigenvalue weighted by Crippen LogP contribution is 1.97. The molecule has 1 aromatic heterocycles. The van der Waals surface area contributed by atoms with Crippen LogP contribution in [0.1, 0.15) is 0 Å². The minimum absolute atomic E-state index is 0.152. The molecule has 0 atom stereocenters. The minimum atomic E-state index is -0.266. The van der Waals surface area contributed by atoms with Crippen LogP contribution in [0.2, 0.25) is 0 Å². The number of H-pyrrole nitrogens is 1. The van der Waals surface area contributed by atoms with E-state index in [1.807, 2.05) is 0 Å². The van der Waals surface area contributed by atoms with Crippen molar-refractivity contribution >= 4 is 0 Å². The van der Waals surface area contributed by atoms with Gasteiger partial charge in [-0.15, -0.1) is 11.5 Å². The molecule has 0 unspecified atom stereocenters. The number of rotatable bonds is 2. The first-order valence-electron chi connectivity index (χ1n) is 2.95. The maximum absolute atomic E-state index is 10.5. The van der Waals surface area contributed by atoms with Gasteiger partial charge in [-0.05, 0) is 0 Å². The largest absolute Gasteiger partial charge is 0.463 e. The summed E-state index contributed by atoms with van der Waals surface area (Å²) in [7, 11) is 0. The monoisotopic (exact) mass is 150 g/mol. The van der Waals surface area contributed by atoms with E-state index in [0.29, 0.717) is 5.88 Å². The Balaban J connectivity index is 2.68. The molecular weight excluding hydrogens is 144 g/mol. The van der Waals surface area contributed by atoms with Crippen LogP contribution < -0.4 is 10.3 Å². The van der Waals surface area contributed by atoms with E-state index < -0.39 is 0 Å². The molecule has 0 saturated carbocycles. The second-order valence-corrected chi connectivity index (χ2v) is 1.75. The van der Waals surface area contributed by atoms with Crippen LogP contribution in [-0.4, -0.2) is 16.8 Å². The highest BCUT2D eigenvalue weighted by Gasteiger charge is 1.90. The Morgan fingerprint density at radius 3 is 3.09 bits per heavy atom. The summed E-state index contributed by atoms with van der Waals surface area (Å²) in [6.45, 7) is 0.152. The van der Waals surface area contributed by atoms with Gasteiger partial charge >= 0.3 is 0 Å². The molecule has 0 saturated heterocycles. The first-order chi connectivity index (χ1) is 5.33. The first kappa shape index (κ1) is 7.35. The van der Waals surface area contributed by atoms with Gasteiger partial charge in [-0.1, -0.05) is 5.92 Å². The first-order valence-corrected chi connectivity index (χ1v) is 2.95. The van der Waals surface area contributed by atoms with E-state index in [4.69, 9.17) is 11.2 Å². The summed E-state index contributed by atoms with van der Waals surface area (Å²) < 4.78 is 4.89. The van der Waals surface area contributed by atoms with E-state index >= 15 is 0 Å². The van der Waals surface area contributed by atoms with Crippen LogP contribution >= 0.6 is 0 Å². The molecule has 56 valence electrons. The molecule has 1 aromatic rings. The summed E-state index contributed by atoms with van der Waals surface area (Å²) >= 11 is 0. The van der Waals surface area contributed by atoms with Gasteiger partial charge in [0.25, 0.3) is 5.56 Å². The maximum Gasteiger partial charge on any atom is 0.264 e. The van der Waals surface area contributed by atoms with Crippen molar-refractivity contribution < 1.29 is 4.74 Å². The van der Waals surface area contributed by atoms with Gasteiger partial charge in [-0.25, -0.2) is 5.10 Å². The predicted molar refractivity (Wildman–Crippen MR) is 39.2 cm³/mol. The zero-order valence-corrected chi connectivity index (χ0v) is 5.70. The van der Waals surface area contributed by atoms with E-state index in [1.165, 1.54) is 12.1 Å². The fraction of sp³-hybridized carbons (Fsp3) is 0.143. The molecule has 1 heterocycles. The van der Waals surface area contributed by atoms with Crippen LogP contribution in [0.5, 0.6) is 5.88 Å². The number of hydrogen-bond donors (Lipinski definition) is 1. The van der Waals surface area contributed by atoms with Crippen LogP contribution in [0.25, 0.3) is 0 Å². The van der Waals surface area contributed by atoms with E-state index in [9.17, 15) is 4.79 Å². The van der Waals surface area contributed by atoms with Crippen LogP contribution in [0, 0.1) is 12.3 Å². The van der Waals surface area contributed by atoms with Gasteiger partial charge in [0.05, 0.1) is 0 Å². The molecule has 0 radical (unpaired) electrons. The van der Waals surface area contributed by atoms with Crippen molar-refractivity contribution in [1.82, 2.24) is 10.2 Å². The zero-order chi connectivity index (χ0) is 8.10. The van der Waals surface area contributed by atoms with E-state index in [-0.39, 0.29) is 12.2 Å². The number of hydrogen-bond acceptors (Lipinski definition) is 3. The summed E-state index contributed by atoms with van der Waals surface area (Å²) in [6.07, 6.45) is 4.93. The second-order valence-electron chi connectivity index (χ2n) is 1.75. The lowest BCUT2D eigenvalue weighted by molar-refractivity contribution is 0.350. The summed E-state index contributed by atoms with van der Waals surface area (Å²) in [5.41, 5.74) is -0.266. The average Bonchev–Trinajstić information content (AvgIpc) is 2.04. The third kappa shape index (κ3) is 2.14. The normalized spacial score (nSPS) is 8.64. The van der Waals surface area contributed by atoms with Gasteiger partial charge in [0.15, 0.2) is 6.61 Å². The van der Waals surface area contributed by atoms with Gasteiger partial charge < -0.3 is 4.74 Å². The van der Waals surface area contributed by atoms with Gasteiger partial charge in [-0.3, -0.25) is 4.79 Å². The molecule has 0 aliphatic heterocycles. The molecule has 1 rings (SSSR count). The smallest absolute Gasteiger partial charge is 0.264 e. The number of nitrogens with one attached hydrogen (secondary N) is 1. The number of terminal acetylenes is 1. The van der Waals surface area contributed by atoms with E-state index in [2.05, 4.69) is 16.1 Å². The number of nitrogens with zero attached hydrogens (tertiary/aromatic N) is 1. The van der Waals surface area contributed by atoms with Gasteiger partial charge in [0.2, 0.25) is 5.88 Å². The molecule has 11 heavy (non-hydrogen) atoms. The SMILES string of the molecule is C#CCOc1ccc(=O)[nH]n1. The number of aromatic nitrogens is 2. The highest BCUT2D eigenvalue weighted by molar-refractivity contribution is 5.06. The molecule has 0 amide bonds. The van der Waals surface area contributed by atoms with Crippen molar-refractivity contribution in [3.8, 4) is 18.2 Å². The molecule has 1 N–H and O–H groups in total. The Labute approximate surface area is 63.2 Å². The lowest BCUT2D eigenvalue weighted by Gasteiger charge is -1.96. The summed E-state index contributed by atoms with van der Waals surface area (Å²) in [4.78, 5) is 10.5. The molecule has 0 aliphatic carbocycles. The molecular formula is C7H6N2O2. The summed E-state index contributed by atoms with van der Waals surface area (Å²) in [5.74, 6) is 2.60. The Kier molecular flexibility index (Phi) is 2.28. The fourth-order valence-corrected chi connectivity index (χ4v) is 0.528. The van der Waals surface area contributed by atoms with E-state index in [0.717, 1.165) is 0 Å². The molecule has 0 aliphatic rings. The topological polar surface area (TPSA) is 55.0 Å². The van der Waals surface area contributed by atoms with Crippen LogP contribution in [0.4, 0.5) is 0 Å². The second kappa shape index (κ2) is 3.42. The highest BCUT2D eigenvalue weighted by atomic mass is 16.5. The Morgan fingerprint density at radius 1 is 1.73 bits per heavy atom. The molecule has 0 fully saturated rings. The van der Waals surface area contributed by atoms with Crippen molar-refractivity contribution in [3.63, 3.8) is 0 Å². The van der Waals surface area contributed by atoms with Gasteiger partial charge in [-0.2, -0.15) is 0 Å². The van der Waals surface area contributed by atoms with Gasteiger partial charge in [0, 0.05) is 12.1 Å². The van der Waals surface area contributed by atoms with Crippen LogP contribution in [0.3, 0.4) is 0 Å². The summed E-state index contributed by atoms with van der Waals surface area (Å²) in [6, 6.07) is 2.77. The fourth-order valence-electron chi connectivity index (χ4n) is 0.528. The third-order valence-electron chi connectivity index (χ3n) is 0.957. The quantitative estimate of drug-likeness (QED) is 0.593. The van der Waals surface area contributed by atoms with E-state index in [1.54, 1.807) is 0 Å². The Hall–Kier alpha value is -1.76. The van der Waals surface area contributed by atoms with Crippen LogP contribution in [-0.2, 0) is 0 Å². The third-order valence-corrected chi connectivity index (χ3v) is 0.957. The number of ether oxygens (including phenoxy) is 1. The molecule has 0 spiro atoms. The number of aromatic amines is 1. The lowest BCUT2D eigenvalue weighted by atomic mass is 10.5. The summed E-state index contributed by atoms with van der Waals surface area (Å²) in [5, 5.41) is 5.77. The van der Waals surface area contributed by atoms with Crippen molar-refractivity contribution in [2.45, 2.75) is 0 Å². The van der Waals surface area contributed by atoms with Crippen molar-refractivity contribution in [2.24, 2.45) is 0 Å². The molecule has 0 aromatic carbocycles. The van der Waals surface area contributed by atoms with Crippen LogP contribution in [0.15, 0.2) is 16.9 Å².